The van der Waals surface area contributed by atoms with Gasteiger partial charge in [0.2, 0.25) is 0 Å². The van der Waals surface area contributed by atoms with Crippen LogP contribution in [0.15, 0.2) is 5.03 Å². The minimum Gasteiger partial charge on any atom is -0.316 e. The summed E-state index contributed by atoms with van der Waals surface area (Å²) in [6, 6.07) is -0.102. The molecule has 0 spiro atoms. The Balaban J connectivity index is 2.89. The number of hydrogen-bond acceptors (Lipinski definition) is 4. The van der Waals surface area contributed by atoms with Gasteiger partial charge in [0.25, 0.3) is 10.0 Å². The number of nitrogens with one attached hydrogen (secondary N) is 3. The highest BCUT2D eigenvalue weighted by Gasteiger charge is 2.25. The second-order valence-corrected chi connectivity index (χ2v) is 7.06. The first-order valence-electron chi connectivity index (χ1n) is 7.02. The molecule has 0 bridgehead atoms. The monoisotopic (exact) mass is 302 g/mol. The van der Waals surface area contributed by atoms with E-state index < -0.39 is 10.0 Å². The van der Waals surface area contributed by atoms with E-state index in [9.17, 15) is 8.42 Å². The Morgan fingerprint density at radius 3 is 2.55 bits per heavy atom. The van der Waals surface area contributed by atoms with Gasteiger partial charge in [-0.2, -0.15) is 5.10 Å². The zero-order valence-corrected chi connectivity index (χ0v) is 13.8. The van der Waals surface area contributed by atoms with E-state index >= 15 is 0 Å². The molecule has 0 aliphatic heterocycles. The van der Waals surface area contributed by atoms with Crippen molar-refractivity contribution in [2.45, 2.75) is 58.1 Å². The summed E-state index contributed by atoms with van der Waals surface area (Å²) in [6.45, 7) is 8.41. The van der Waals surface area contributed by atoms with E-state index in [1.54, 1.807) is 7.05 Å². The van der Waals surface area contributed by atoms with E-state index in [1.807, 2.05) is 13.8 Å². The predicted molar refractivity (Wildman–Crippen MR) is 79.9 cm³/mol. The van der Waals surface area contributed by atoms with Crippen molar-refractivity contribution in [3.05, 3.63) is 11.3 Å². The Labute approximate surface area is 121 Å². The van der Waals surface area contributed by atoms with Gasteiger partial charge >= 0.3 is 0 Å². The lowest BCUT2D eigenvalue weighted by molar-refractivity contribution is 0.445. The first-order valence-corrected chi connectivity index (χ1v) is 8.50. The van der Waals surface area contributed by atoms with Gasteiger partial charge in [0, 0.05) is 23.8 Å². The summed E-state index contributed by atoms with van der Waals surface area (Å²) in [5, 5.41) is 9.75. The number of nitrogens with zero attached hydrogens (tertiary/aromatic N) is 1. The van der Waals surface area contributed by atoms with Crippen LogP contribution >= 0.6 is 0 Å². The van der Waals surface area contributed by atoms with E-state index in [1.165, 1.54) is 0 Å². The summed E-state index contributed by atoms with van der Waals surface area (Å²) in [5.74, 6) is 0.491. The van der Waals surface area contributed by atoms with Crippen LogP contribution in [0.1, 0.15) is 44.9 Å². The van der Waals surface area contributed by atoms with E-state index in [4.69, 9.17) is 0 Å². The SMILES string of the molecule is CCC(C)CC(C)NS(=O)(=O)c1n[nH]c(C)c1CNC. The molecule has 0 aliphatic rings. The minimum atomic E-state index is -3.58. The standard InChI is InChI=1S/C13H26N4O2S/c1-6-9(2)7-10(3)17-20(18,19)13-12(8-14-5)11(4)15-16-13/h9-10,14,17H,6-8H2,1-5H3,(H,15,16). The summed E-state index contributed by atoms with van der Waals surface area (Å²) in [7, 11) is -1.80. The molecule has 7 heteroatoms. The number of aromatic amines is 1. The lowest BCUT2D eigenvalue weighted by Gasteiger charge is -2.17. The first kappa shape index (κ1) is 17.1. The molecule has 0 aromatic carbocycles. The van der Waals surface area contributed by atoms with Gasteiger partial charge in [-0.15, -0.1) is 0 Å². The molecular formula is C13H26N4O2S. The quantitative estimate of drug-likeness (QED) is 0.680. The van der Waals surface area contributed by atoms with E-state index in [-0.39, 0.29) is 11.1 Å². The van der Waals surface area contributed by atoms with Crippen LogP contribution in [-0.2, 0) is 16.6 Å². The Hall–Kier alpha value is -0.920. The van der Waals surface area contributed by atoms with Crippen molar-refractivity contribution < 1.29 is 8.42 Å². The molecule has 1 heterocycles. The van der Waals surface area contributed by atoms with Crippen molar-refractivity contribution in [3.8, 4) is 0 Å². The largest absolute Gasteiger partial charge is 0.316 e. The van der Waals surface area contributed by atoms with Gasteiger partial charge in [-0.25, -0.2) is 13.1 Å². The summed E-state index contributed by atoms with van der Waals surface area (Å²) in [4.78, 5) is 0. The van der Waals surface area contributed by atoms with Gasteiger partial charge in [0.1, 0.15) is 0 Å². The maximum Gasteiger partial charge on any atom is 0.260 e. The summed E-state index contributed by atoms with van der Waals surface area (Å²) in [6.07, 6.45) is 1.86. The average Bonchev–Trinajstić information content (AvgIpc) is 2.71. The predicted octanol–water partition coefficient (Wildman–Crippen LogP) is 1.54. The van der Waals surface area contributed by atoms with Crippen molar-refractivity contribution >= 4 is 10.0 Å². The highest BCUT2D eigenvalue weighted by Crippen LogP contribution is 2.17. The average molecular weight is 302 g/mol. The normalized spacial score (nSPS) is 15.2. The van der Waals surface area contributed by atoms with Crippen LogP contribution in [0.2, 0.25) is 0 Å². The third kappa shape index (κ3) is 4.29. The van der Waals surface area contributed by atoms with Gasteiger partial charge in [-0.3, -0.25) is 5.10 Å². The maximum absolute atomic E-state index is 12.4. The molecule has 116 valence electrons. The molecule has 0 saturated carbocycles. The Kier molecular flexibility index (Phi) is 6.16. The molecule has 3 N–H and O–H groups in total. The third-order valence-electron chi connectivity index (χ3n) is 3.45. The Morgan fingerprint density at radius 2 is 2.00 bits per heavy atom. The molecule has 0 aliphatic carbocycles. The summed E-state index contributed by atoms with van der Waals surface area (Å²) in [5.41, 5.74) is 1.46. The fourth-order valence-electron chi connectivity index (χ4n) is 2.18. The fraction of sp³-hybridized carbons (Fsp3) is 0.769. The van der Waals surface area contributed by atoms with Gasteiger partial charge in [-0.1, -0.05) is 20.3 Å². The minimum absolute atomic E-state index is 0.0975. The maximum atomic E-state index is 12.4. The van der Waals surface area contributed by atoms with Gasteiger partial charge in [-0.05, 0) is 33.2 Å². The van der Waals surface area contributed by atoms with E-state index in [2.05, 4.69) is 34.1 Å². The molecule has 6 nitrogen and oxygen atoms in total. The topological polar surface area (TPSA) is 86.9 Å². The second-order valence-electron chi connectivity index (χ2n) is 5.43. The highest BCUT2D eigenvalue weighted by atomic mass is 32.2. The van der Waals surface area contributed by atoms with Crippen molar-refractivity contribution in [1.29, 1.82) is 0 Å². The Morgan fingerprint density at radius 1 is 1.35 bits per heavy atom. The summed E-state index contributed by atoms with van der Waals surface area (Å²) < 4.78 is 27.5. The van der Waals surface area contributed by atoms with Crippen molar-refractivity contribution in [3.63, 3.8) is 0 Å². The zero-order valence-electron chi connectivity index (χ0n) is 12.9. The van der Waals surface area contributed by atoms with Crippen molar-refractivity contribution in [2.24, 2.45) is 5.92 Å². The fourth-order valence-corrected chi connectivity index (χ4v) is 3.63. The molecule has 1 rings (SSSR count). The summed E-state index contributed by atoms with van der Waals surface area (Å²) >= 11 is 0. The lowest BCUT2D eigenvalue weighted by atomic mass is 10.0. The van der Waals surface area contributed by atoms with Crippen LogP contribution in [-0.4, -0.2) is 31.7 Å². The van der Waals surface area contributed by atoms with Crippen LogP contribution in [0.3, 0.4) is 0 Å². The van der Waals surface area contributed by atoms with Crippen LogP contribution in [0.5, 0.6) is 0 Å². The zero-order chi connectivity index (χ0) is 15.3. The van der Waals surface area contributed by atoms with Gasteiger partial charge < -0.3 is 5.32 Å². The molecule has 0 saturated heterocycles. The molecule has 0 fully saturated rings. The van der Waals surface area contributed by atoms with Gasteiger partial charge in [0.15, 0.2) is 5.03 Å². The molecule has 0 radical (unpaired) electrons. The molecule has 2 unspecified atom stereocenters. The van der Waals surface area contributed by atoms with E-state index in [0.717, 1.165) is 18.5 Å². The number of H-pyrrole nitrogens is 1. The molecule has 20 heavy (non-hydrogen) atoms. The number of sulfonamides is 1. The number of aromatic nitrogens is 2. The Bertz CT molecular complexity index is 524. The highest BCUT2D eigenvalue weighted by molar-refractivity contribution is 7.89. The molecule has 0 amide bonds. The van der Waals surface area contributed by atoms with Gasteiger partial charge in [0.05, 0.1) is 0 Å². The first-order chi connectivity index (χ1) is 9.31. The smallest absolute Gasteiger partial charge is 0.260 e. The van der Waals surface area contributed by atoms with Crippen LogP contribution < -0.4 is 10.0 Å². The third-order valence-corrected chi connectivity index (χ3v) is 5.01. The van der Waals surface area contributed by atoms with Crippen LogP contribution in [0.4, 0.5) is 0 Å². The molecule has 1 aromatic heterocycles. The second kappa shape index (κ2) is 7.19. The van der Waals surface area contributed by atoms with Crippen molar-refractivity contribution in [1.82, 2.24) is 20.2 Å². The molecule has 1 aromatic rings. The molecule has 2 atom stereocenters. The number of rotatable bonds is 8. The number of hydrogen-bond donors (Lipinski definition) is 3. The lowest BCUT2D eigenvalue weighted by Crippen LogP contribution is -2.34. The van der Waals surface area contributed by atoms with Crippen LogP contribution in [0, 0.1) is 12.8 Å². The van der Waals surface area contributed by atoms with Crippen LogP contribution in [0.25, 0.3) is 0 Å². The van der Waals surface area contributed by atoms with Crippen molar-refractivity contribution in [2.75, 3.05) is 7.05 Å². The van der Waals surface area contributed by atoms with E-state index in [0.29, 0.717) is 18.0 Å². The molecular weight excluding hydrogens is 276 g/mol. The number of aryl methyl sites for hydroxylation is 1.